The summed E-state index contributed by atoms with van der Waals surface area (Å²) < 4.78 is 2.44. The van der Waals surface area contributed by atoms with Gasteiger partial charge in [-0.2, -0.15) is 0 Å². The molecular formula is C60H43N3. The first kappa shape index (κ1) is 37.6. The average molecular weight is 806 g/mol. The van der Waals surface area contributed by atoms with Gasteiger partial charge >= 0.3 is 0 Å². The van der Waals surface area contributed by atoms with Crippen molar-refractivity contribution in [2.24, 2.45) is 0 Å². The normalized spacial score (nSPS) is 11.2. The first-order chi connectivity index (χ1) is 31.2. The van der Waals surface area contributed by atoms with Crippen LogP contribution >= 0.6 is 0 Å². The van der Waals surface area contributed by atoms with Crippen molar-refractivity contribution >= 4 is 55.9 Å². The Bertz CT molecular complexity index is 3290. The molecule has 63 heavy (non-hydrogen) atoms. The quantitative estimate of drug-likeness (QED) is 0.136. The largest absolute Gasteiger partial charge is 0.310 e. The van der Waals surface area contributed by atoms with Gasteiger partial charge in [-0.3, -0.25) is 0 Å². The highest BCUT2D eigenvalue weighted by atomic mass is 15.2. The molecule has 3 heteroatoms. The molecule has 0 N–H and O–H groups in total. The first-order valence-electron chi connectivity index (χ1n) is 21.5. The zero-order valence-corrected chi connectivity index (χ0v) is 34.7. The van der Waals surface area contributed by atoms with Crippen LogP contribution in [0.1, 0.15) is 0 Å². The number of fused-ring (bicyclic) bond motifs is 3. The summed E-state index contributed by atoms with van der Waals surface area (Å²) in [5.41, 5.74) is 17.1. The number of rotatable bonds is 10. The molecule has 3 nitrogen and oxygen atoms in total. The number of anilines is 6. The lowest BCUT2D eigenvalue weighted by atomic mass is 10.0. The van der Waals surface area contributed by atoms with Gasteiger partial charge in [-0.1, -0.05) is 170 Å². The maximum absolute atomic E-state index is 2.44. The zero-order chi connectivity index (χ0) is 42.0. The second-order valence-corrected chi connectivity index (χ2v) is 15.8. The summed E-state index contributed by atoms with van der Waals surface area (Å²) in [4.78, 5) is 4.71. The molecule has 0 aliphatic heterocycles. The molecule has 0 saturated carbocycles. The van der Waals surface area contributed by atoms with Crippen LogP contribution in [0.5, 0.6) is 0 Å². The van der Waals surface area contributed by atoms with E-state index in [0.29, 0.717) is 0 Å². The van der Waals surface area contributed by atoms with Crippen LogP contribution in [0.3, 0.4) is 0 Å². The summed E-state index contributed by atoms with van der Waals surface area (Å²) >= 11 is 0. The Morgan fingerprint density at radius 3 is 1.11 bits per heavy atom. The van der Waals surface area contributed by atoms with Gasteiger partial charge in [0, 0.05) is 50.6 Å². The molecule has 298 valence electrons. The lowest BCUT2D eigenvalue weighted by Gasteiger charge is -2.27. The van der Waals surface area contributed by atoms with Crippen LogP contribution in [0.25, 0.3) is 60.9 Å². The lowest BCUT2D eigenvalue weighted by molar-refractivity contribution is 1.17. The molecule has 0 unspecified atom stereocenters. The van der Waals surface area contributed by atoms with E-state index in [9.17, 15) is 0 Å². The standard InChI is InChI=1S/C60H43N3/c1-6-17-44(18-7-1)47-29-34-52(35-30-47)61(50-23-12-4-13-24-50)54-27-16-28-55(42-54)63-59-40-33-49(46-21-10-3-11-22-46)41-58(59)57-39-38-56(43-60(57)63)62(51-25-14-5-15-26-51)53-36-31-48(32-37-53)45-19-8-2-9-20-45/h1-43H. The summed E-state index contributed by atoms with van der Waals surface area (Å²) in [6, 6.07) is 93.7. The van der Waals surface area contributed by atoms with Crippen LogP contribution in [0, 0.1) is 0 Å². The van der Waals surface area contributed by atoms with Gasteiger partial charge in [0.1, 0.15) is 0 Å². The summed E-state index contributed by atoms with van der Waals surface area (Å²) in [6.07, 6.45) is 0. The van der Waals surface area contributed by atoms with Crippen molar-refractivity contribution in [3.05, 3.63) is 261 Å². The van der Waals surface area contributed by atoms with Gasteiger partial charge in [0.25, 0.3) is 0 Å². The van der Waals surface area contributed by atoms with Crippen molar-refractivity contribution in [2.45, 2.75) is 0 Å². The van der Waals surface area contributed by atoms with Crippen molar-refractivity contribution in [3.8, 4) is 39.1 Å². The highest BCUT2D eigenvalue weighted by molar-refractivity contribution is 6.11. The van der Waals surface area contributed by atoms with Crippen LogP contribution < -0.4 is 9.80 Å². The zero-order valence-electron chi connectivity index (χ0n) is 34.7. The maximum atomic E-state index is 2.44. The van der Waals surface area contributed by atoms with Crippen molar-refractivity contribution in [1.82, 2.24) is 4.57 Å². The van der Waals surface area contributed by atoms with E-state index in [1.807, 2.05) is 0 Å². The van der Waals surface area contributed by atoms with E-state index in [-0.39, 0.29) is 0 Å². The van der Waals surface area contributed by atoms with E-state index in [1.165, 1.54) is 44.2 Å². The van der Waals surface area contributed by atoms with Gasteiger partial charge < -0.3 is 14.4 Å². The van der Waals surface area contributed by atoms with E-state index >= 15 is 0 Å². The molecule has 0 spiro atoms. The summed E-state index contributed by atoms with van der Waals surface area (Å²) in [6.45, 7) is 0. The molecule has 10 aromatic carbocycles. The van der Waals surface area contributed by atoms with Gasteiger partial charge in [-0.25, -0.2) is 0 Å². The van der Waals surface area contributed by atoms with Gasteiger partial charge in [-0.05, 0) is 124 Å². The van der Waals surface area contributed by atoms with Crippen LogP contribution in [-0.2, 0) is 0 Å². The van der Waals surface area contributed by atoms with Crippen LogP contribution in [0.2, 0.25) is 0 Å². The van der Waals surface area contributed by atoms with E-state index in [1.54, 1.807) is 0 Å². The Hall–Kier alpha value is -8.40. The molecule has 0 fully saturated rings. The number of nitrogens with zero attached hydrogens (tertiary/aromatic N) is 3. The second kappa shape index (κ2) is 16.6. The minimum atomic E-state index is 1.07. The van der Waals surface area contributed by atoms with Crippen molar-refractivity contribution in [1.29, 1.82) is 0 Å². The van der Waals surface area contributed by atoms with E-state index < -0.39 is 0 Å². The average Bonchev–Trinajstić information content (AvgIpc) is 3.69. The number of hydrogen-bond donors (Lipinski definition) is 0. The molecular weight excluding hydrogens is 763 g/mol. The fraction of sp³-hybridized carbons (Fsp3) is 0. The van der Waals surface area contributed by atoms with Crippen LogP contribution in [0.15, 0.2) is 261 Å². The highest BCUT2D eigenvalue weighted by Crippen LogP contribution is 2.43. The van der Waals surface area contributed by atoms with Crippen LogP contribution in [-0.4, -0.2) is 4.57 Å². The van der Waals surface area contributed by atoms with Crippen LogP contribution in [0.4, 0.5) is 34.1 Å². The second-order valence-electron chi connectivity index (χ2n) is 15.8. The number of benzene rings is 10. The molecule has 0 saturated heterocycles. The van der Waals surface area contributed by atoms with Crippen molar-refractivity contribution in [2.75, 3.05) is 9.80 Å². The molecule has 11 aromatic rings. The minimum Gasteiger partial charge on any atom is -0.310 e. The maximum Gasteiger partial charge on any atom is 0.0561 e. The lowest BCUT2D eigenvalue weighted by Crippen LogP contribution is -2.10. The molecule has 0 atom stereocenters. The molecule has 0 amide bonds. The number of aromatic nitrogens is 1. The molecule has 11 rings (SSSR count). The summed E-state index contributed by atoms with van der Waals surface area (Å²) in [5.74, 6) is 0. The van der Waals surface area contributed by atoms with E-state index in [4.69, 9.17) is 0 Å². The number of para-hydroxylation sites is 2. The topological polar surface area (TPSA) is 11.4 Å². The Kier molecular flexibility index (Phi) is 9.89. The molecule has 0 radical (unpaired) electrons. The van der Waals surface area contributed by atoms with Gasteiger partial charge in [-0.15, -0.1) is 0 Å². The van der Waals surface area contributed by atoms with E-state index in [0.717, 1.165) is 50.8 Å². The SMILES string of the molecule is c1ccc(-c2ccc(N(c3ccccc3)c3cccc(-n4c5ccc(-c6ccccc6)cc5c5ccc(N(c6ccccc6)c6ccc(-c7ccccc7)cc6)cc54)c3)cc2)cc1. The molecule has 0 aliphatic rings. The minimum absolute atomic E-state index is 1.07. The predicted molar refractivity (Wildman–Crippen MR) is 266 cm³/mol. The Labute approximate surface area is 368 Å². The van der Waals surface area contributed by atoms with E-state index in [2.05, 4.69) is 275 Å². The molecule has 1 heterocycles. The third kappa shape index (κ3) is 7.32. The van der Waals surface area contributed by atoms with Gasteiger partial charge in [0.2, 0.25) is 0 Å². The third-order valence-corrected chi connectivity index (χ3v) is 12.0. The highest BCUT2D eigenvalue weighted by Gasteiger charge is 2.20. The fourth-order valence-electron chi connectivity index (χ4n) is 8.92. The van der Waals surface area contributed by atoms with Gasteiger partial charge in [0.15, 0.2) is 0 Å². The van der Waals surface area contributed by atoms with Crippen molar-refractivity contribution in [3.63, 3.8) is 0 Å². The van der Waals surface area contributed by atoms with Crippen molar-refractivity contribution < 1.29 is 0 Å². The first-order valence-corrected chi connectivity index (χ1v) is 21.5. The Morgan fingerprint density at radius 2 is 0.603 bits per heavy atom. The predicted octanol–water partition coefficient (Wildman–Crippen LogP) is 16.7. The smallest absolute Gasteiger partial charge is 0.0561 e. The monoisotopic (exact) mass is 805 g/mol. The fourth-order valence-corrected chi connectivity index (χ4v) is 8.92. The molecule has 0 aliphatic carbocycles. The summed E-state index contributed by atoms with van der Waals surface area (Å²) in [5, 5.41) is 2.40. The molecule has 1 aromatic heterocycles. The summed E-state index contributed by atoms with van der Waals surface area (Å²) in [7, 11) is 0. The Morgan fingerprint density at radius 1 is 0.222 bits per heavy atom. The van der Waals surface area contributed by atoms with Gasteiger partial charge in [0.05, 0.1) is 11.0 Å². The Balaban J connectivity index is 1.09. The third-order valence-electron chi connectivity index (χ3n) is 12.0. The number of hydrogen-bond acceptors (Lipinski definition) is 2. The molecule has 0 bridgehead atoms.